The Bertz CT molecular complexity index is 1120. The monoisotopic (exact) mass is 421 g/mol. The summed E-state index contributed by atoms with van der Waals surface area (Å²) < 4.78 is 6.10. The van der Waals surface area contributed by atoms with Crippen LogP contribution in [0.25, 0.3) is 10.7 Å². The normalized spacial score (nSPS) is 13.5. The molecule has 152 valence electrons. The van der Waals surface area contributed by atoms with Crippen LogP contribution >= 0.6 is 11.8 Å². The molecule has 0 atom stereocenters. The van der Waals surface area contributed by atoms with Gasteiger partial charge in [0.2, 0.25) is 0 Å². The lowest BCUT2D eigenvalue weighted by Crippen LogP contribution is -2.10. The fourth-order valence-corrected chi connectivity index (χ4v) is 4.78. The van der Waals surface area contributed by atoms with Gasteiger partial charge in [0.05, 0.1) is 11.5 Å². The highest BCUT2D eigenvalue weighted by Gasteiger charge is 2.19. The molecule has 0 aromatic heterocycles. The second-order valence-electron chi connectivity index (χ2n) is 7.27. The number of anilines is 3. The van der Waals surface area contributed by atoms with Crippen LogP contribution in [0.2, 0.25) is 0 Å². The molecule has 0 amide bonds. The molecule has 0 saturated carbocycles. The molecule has 2 nitrogen and oxygen atoms in total. The SMILES string of the molecule is c1ccc(C2=C(c3ccc(N(c4ccccc4)c4ccccc4)cc3)SCCO2)cc1. The Balaban J connectivity index is 1.54. The largest absolute Gasteiger partial charge is 0.491 e. The summed E-state index contributed by atoms with van der Waals surface area (Å²) in [6, 6.07) is 40.1. The number of para-hydroxylation sites is 2. The molecule has 0 bridgehead atoms. The summed E-state index contributed by atoms with van der Waals surface area (Å²) in [5, 5.41) is 0. The van der Waals surface area contributed by atoms with Gasteiger partial charge < -0.3 is 9.64 Å². The third-order valence-corrected chi connectivity index (χ3v) is 6.32. The van der Waals surface area contributed by atoms with E-state index in [4.69, 9.17) is 4.74 Å². The topological polar surface area (TPSA) is 12.5 Å². The molecule has 0 N–H and O–H groups in total. The van der Waals surface area contributed by atoms with E-state index < -0.39 is 0 Å². The van der Waals surface area contributed by atoms with Crippen LogP contribution in [-0.2, 0) is 4.74 Å². The van der Waals surface area contributed by atoms with Gasteiger partial charge in [0.25, 0.3) is 0 Å². The van der Waals surface area contributed by atoms with E-state index in [-0.39, 0.29) is 0 Å². The fourth-order valence-electron chi connectivity index (χ4n) is 3.80. The highest BCUT2D eigenvalue weighted by Crippen LogP contribution is 2.41. The van der Waals surface area contributed by atoms with Crippen LogP contribution in [0.4, 0.5) is 17.1 Å². The van der Waals surface area contributed by atoms with Crippen LogP contribution in [0, 0.1) is 0 Å². The minimum atomic E-state index is 0.742. The maximum atomic E-state index is 6.10. The molecule has 1 aliphatic heterocycles. The van der Waals surface area contributed by atoms with Gasteiger partial charge in [-0.25, -0.2) is 0 Å². The number of hydrogen-bond donors (Lipinski definition) is 0. The number of rotatable bonds is 5. The van der Waals surface area contributed by atoms with Crippen molar-refractivity contribution in [2.75, 3.05) is 17.3 Å². The standard InChI is InChI=1S/C28H23NOS/c1-4-10-22(11-5-1)27-28(31-21-20-30-27)23-16-18-26(19-17-23)29(24-12-6-2-7-13-24)25-14-8-3-9-15-25/h1-19H,20-21H2. The Kier molecular flexibility index (Phi) is 5.76. The van der Waals surface area contributed by atoms with Crippen LogP contribution in [0.15, 0.2) is 115 Å². The van der Waals surface area contributed by atoms with Crippen molar-refractivity contribution in [1.29, 1.82) is 0 Å². The Morgan fingerprint density at radius 1 is 0.548 bits per heavy atom. The average molecular weight is 422 g/mol. The van der Waals surface area contributed by atoms with Gasteiger partial charge in [-0.2, -0.15) is 0 Å². The third kappa shape index (κ3) is 4.23. The molecule has 0 spiro atoms. The van der Waals surface area contributed by atoms with Gasteiger partial charge in [0.1, 0.15) is 5.76 Å². The molecule has 0 radical (unpaired) electrons. The van der Waals surface area contributed by atoms with Gasteiger partial charge >= 0.3 is 0 Å². The van der Waals surface area contributed by atoms with Crippen molar-refractivity contribution < 1.29 is 4.74 Å². The lowest BCUT2D eigenvalue weighted by atomic mass is 10.1. The van der Waals surface area contributed by atoms with E-state index in [9.17, 15) is 0 Å². The van der Waals surface area contributed by atoms with Crippen molar-refractivity contribution in [3.8, 4) is 0 Å². The molecule has 3 heteroatoms. The second-order valence-corrected chi connectivity index (χ2v) is 8.38. The zero-order valence-corrected chi connectivity index (χ0v) is 18.0. The minimum Gasteiger partial charge on any atom is -0.491 e. The van der Waals surface area contributed by atoms with Crippen molar-refractivity contribution in [2.24, 2.45) is 0 Å². The van der Waals surface area contributed by atoms with Crippen molar-refractivity contribution >= 4 is 39.5 Å². The van der Waals surface area contributed by atoms with E-state index in [0.29, 0.717) is 0 Å². The lowest BCUT2D eigenvalue weighted by molar-refractivity contribution is 0.301. The smallest absolute Gasteiger partial charge is 0.140 e. The Morgan fingerprint density at radius 3 is 1.65 bits per heavy atom. The first-order valence-electron chi connectivity index (χ1n) is 10.5. The zero-order chi connectivity index (χ0) is 20.9. The van der Waals surface area contributed by atoms with Gasteiger partial charge in [-0.1, -0.05) is 78.9 Å². The fraction of sp³-hybridized carbons (Fsp3) is 0.0714. The van der Waals surface area contributed by atoms with Crippen molar-refractivity contribution in [1.82, 2.24) is 0 Å². The summed E-state index contributed by atoms with van der Waals surface area (Å²) in [5.41, 5.74) is 5.73. The van der Waals surface area contributed by atoms with Gasteiger partial charge in [-0.3, -0.25) is 0 Å². The van der Waals surface area contributed by atoms with E-state index in [1.54, 1.807) is 0 Å². The number of nitrogens with zero attached hydrogens (tertiary/aromatic N) is 1. The predicted molar refractivity (Wildman–Crippen MR) is 133 cm³/mol. The van der Waals surface area contributed by atoms with Gasteiger partial charge in [-0.15, -0.1) is 11.8 Å². The highest BCUT2D eigenvalue weighted by molar-refractivity contribution is 8.08. The van der Waals surface area contributed by atoms with Gasteiger partial charge in [-0.05, 0) is 42.0 Å². The highest BCUT2D eigenvalue weighted by atomic mass is 32.2. The molecule has 1 aliphatic rings. The van der Waals surface area contributed by atoms with E-state index >= 15 is 0 Å². The summed E-state index contributed by atoms with van der Waals surface area (Å²) in [6.45, 7) is 0.742. The molecule has 0 fully saturated rings. The minimum absolute atomic E-state index is 0.742. The zero-order valence-electron chi connectivity index (χ0n) is 17.1. The Hall–Kier alpha value is -3.43. The van der Waals surface area contributed by atoms with Crippen LogP contribution < -0.4 is 4.90 Å². The maximum Gasteiger partial charge on any atom is 0.140 e. The Labute approximate surface area is 187 Å². The van der Waals surface area contributed by atoms with Crippen LogP contribution in [0.1, 0.15) is 11.1 Å². The molecule has 0 unspecified atom stereocenters. The van der Waals surface area contributed by atoms with Crippen LogP contribution in [0.5, 0.6) is 0 Å². The predicted octanol–water partition coefficient (Wildman–Crippen LogP) is 7.75. The molecule has 31 heavy (non-hydrogen) atoms. The first-order chi connectivity index (χ1) is 15.4. The summed E-state index contributed by atoms with van der Waals surface area (Å²) in [5.74, 6) is 1.95. The Morgan fingerprint density at radius 2 is 1.06 bits per heavy atom. The summed E-state index contributed by atoms with van der Waals surface area (Å²) >= 11 is 1.87. The molecule has 4 aromatic rings. The summed E-state index contributed by atoms with van der Waals surface area (Å²) in [6.07, 6.45) is 0. The quantitative estimate of drug-likeness (QED) is 0.327. The molecule has 4 aromatic carbocycles. The third-order valence-electron chi connectivity index (χ3n) is 5.23. The first kappa shape index (κ1) is 19.5. The summed E-state index contributed by atoms with van der Waals surface area (Å²) in [4.78, 5) is 3.48. The van der Waals surface area contributed by atoms with E-state index in [2.05, 4.69) is 102 Å². The molecular formula is C28H23NOS. The lowest BCUT2D eigenvalue weighted by Gasteiger charge is -2.26. The molecule has 1 heterocycles. The summed E-state index contributed by atoms with van der Waals surface area (Å²) in [7, 11) is 0. The second kappa shape index (κ2) is 9.15. The maximum absolute atomic E-state index is 6.10. The number of benzene rings is 4. The van der Waals surface area contributed by atoms with E-state index in [0.717, 1.165) is 40.7 Å². The van der Waals surface area contributed by atoms with Crippen LogP contribution in [-0.4, -0.2) is 12.4 Å². The molecule has 0 saturated heterocycles. The van der Waals surface area contributed by atoms with Crippen LogP contribution in [0.3, 0.4) is 0 Å². The molecule has 5 rings (SSSR count). The average Bonchev–Trinajstić information content (AvgIpc) is 2.87. The first-order valence-corrected chi connectivity index (χ1v) is 11.4. The molecular weight excluding hydrogens is 398 g/mol. The van der Waals surface area contributed by atoms with E-state index in [1.807, 2.05) is 30.0 Å². The number of ether oxygens (including phenoxy) is 1. The van der Waals surface area contributed by atoms with Crippen molar-refractivity contribution in [3.63, 3.8) is 0 Å². The number of thioether (sulfide) groups is 1. The van der Waals surface area contributed by atoms with E-state index in [1.165, 1.54) is 10.5 Å². The van der Waals surface area contributed by atoms with Gasteiger partial charge in [0, 0.05) is 28.4 Å². The number of hydrogen-bond acceptors (Lipinski definition) is 3. The van der Waals surface area contributed by atoms with Crippen molar-refractivity contribution in [2.45, 2.75) is 0 Å². The van der Waals surface area contributed by atoms with Crippen molar-refractivity contribution in [3.05, 3.63) is 126 Å². The molecule has 0 aliphatic carbocycles. The van der Waals surface area contributed by atoms with Gasteiger partial charge in [0.15, 0.2) is 0 Å².